The molecule has 3 rings (SSSR count). The van der Waals surface area contributed by atoms with Crippen LogP contribution in [0.2, 0.25) is 0 Å². The third kappa shape index (κ3) is 6.16. The summed E-state index contributed by atoms with van der Waals surface area (Å²) in [6.07, 6.45) is 1.23. The van der Waals surface area contributed by atoms with E-state index in [1.165, 1.54) is 23.9 Å². The standard InChI is InChI=1S/C25H27N3O6/c1-4-33-22(30)15-19(26-25(32)27-23-20(29)12-13-28(3)24(23)31)17-9-7-10-18(14-17)34-21-11-6-5-8-16(21)2/h5-14,19,29H,4,15H2,1-3H3,(H2,26,27,32). The second kappa shape index (κ2) is 11.0. The minimum atomic E-state index is -0.783. The van der Waals surface area contributed by atoms with Crippen molar-refractivity contribution in [3.63, 3.8) is 0 Å². The number of para-hydroxylation sites is 1. The summed E-state index contributed by atoms with van der Waals surface area (Å²) in [5.41, 5.74) is 0.706. The molecule has 0 aliphatic rings. The fourth-order valence-corrected chi connectivity index (χ4v) is 3.28. The number of aromatic hydroxyl groups is 1. The molecule has 0 radical (unpaired) electrons. The van der Waals surface area contributed by atoms with Gasteiger partial charge in [0.1, 0.15) is 17.2 Å². The number of rotatable bonds is 8. The Balaban J connectivity index is 1.84. The number of carbonyl (C=O) groups is 2. The van der Waals surface area contributed by atoms with Gasteiger partial charge in [0.2, 0.25) is 0 Å². The Morgan fingerprint density at radius 1 is 1.12 bits per heavy atom. The quantitative estimate of drug-likeness (QED) is 0.433. The van der Waals surface area contributed by atoms with Crippen molar-refractivity contribution in [2.45, 2.75) is 26.3 Å². The number of carbonyl (C=O) groups excluding carboxylic acids is 2. The van der Waals surface area contributed by atoms with E-state index in [1.807, 2.05) is 31.2 Å². The Labute approximate surface area is 197 Å². The molecule has 9 heteroatoms. The predicted molar refractivity (Wildman–Crippen MR) is 127 cm³/mol. The molecule has 2 aromatic carbocycles. The summed E-state index contributed by atoms with van der Waals surface area (Å²) in [7, 11) is 1.49. The van der Waals surface area contributed by atoms with E-state index in [1.54, 1.807) is 31.2 Å². The summed E-state index contributed by atoms with van der Waals surface area (Å²) in [4.78, 5) is 37.2. The van der Waals surface area contributed by atoms with Gasteiger partial charge in [0.25, 0.3) is 5.56 Å². The highest BCUT2D eigenvalue weighted by molar-refractivity contribution is 5.91. The molecular formula is C25H27N3O6. The maximum absolute atomic E-state index is 12.7. The van der Waals surface area contributed by atoms with Gasteiger partial charge >= 0.3 is 12.0 Å². The zero-order chi connectivity index (χ0) is 24.7. The molecule has 0 saturated heterocycles. The first-order valence-corrected chi connectivity index (χ1v) is 10.7. The minimum absolute atomic E-state index is 0.145. The highest BCUT2D eigenvalue weighted by atomic mass is 16.5. The maximum atomic E-state index is 12.7. The summed E-state index contributed by atoms with van der Waals surface area (Å²) in [6, 6.07) is 14.3. The number of nitrogens with zero attached hydrogens (tertiary/aromatic N) is 1. The number of esters is 1. The van der Waals surface area contributed by atoms with Crippen LogP contribution >= 0.6 is 0 Å². The number of urea groups is 1. The van der Waals surface area contributed by atoms with Crippen molar-refractivity contribution in [2.24, 2.45) is 7.05 Å². The second-order valence-electron chi connectivity index (χ2n) is 7.59. The van der Waals surface area contributed by atoms with E-state index >= 15 is 0 Å². The van der Waals surface area contributed by atoms with Gasteiger partial charge in [-0.2, -0.15) is 0 Å². The number of anilines is 1. The molecule has 2 amide bonds. The minimum Gasteiger partial charge on any atom is -0.505 e. The van der Waals surface area contributed by atoms with Crippen molar-refractivity contribution in [3.8, 4) is 17.2 Å². The number of benzene rings is 2. The smallest absolute Gasteiger partial charge is 0.319 e. The number of aryl methyl sites for hydroxylation is 2. The van der Waals surface area contributed by atoms with E-state index in [-0.39, 0.29) is 24.5 Å². The fraction of sp³-hybridized carbons (Fsp3) is 0.240. The molecule has 0 saturated carbocycles. The van der Waals surface area contributed by atoms with Gasteiger partial charge in [-0.1, -0.05) is 30.3 Å². The summed E-state index contributed by atoms with van der Waals surface area (Å²) in [5, 5.41) is 15.0. The normalized spacial score (nSPS) is 11.4. The van der Waals surface area contributed by atoms with E-state index in [0.717, 1.165) is 5.56 Å². The Bertz CT molecular complexity index is 1240. The highest BCUT2D eigenvalue weighted by Gasteiger charge is 2.21. The van der Waals surface area contributed by atoms with Crippen LogP contribution in [0, 0.1) is 6.92 Å². The van der Waals surface area contributed by atoms with E-state index in [4.69, 9.17) is 9.47 Å². The molecule has 1 heterocycles. The third-order valence-corrected chi connectivity index (χ3v) is 5.05. The molecule has 0 bridgehead atoms. The van der Waals surface area contributed by atoms with Crippen LogP contribution in [0.25, 0.3) is 0 Å². The van der Waals surface area contributed by atoms with E-state index in [2.05, 4.69) is 10.6 Å². The predicted octanol–water partition coefficient (Wildman–Crippen LogP) is 4.01. The van der Waals surface area contributed by atoms with Crippen LogP contribution < -0.4 is 20.9 Å². The van der Waals surface area contributed by atoms with Gasteiger partial charge < -0.3 is 29.8 Å². The molecule has 9 nitrogen and oxygen atoms in total. The van der Waals surface area contributed by atoms with Crippen LogP contribution in [0.15, 0.2) is 65.6 Å². The summed E-state index contributed by atoms with van der Waals surface area (Å²) in [5.74, 6) is 0.338. The lowest BCUT2D eigenvalue weighted by atomic mass is 10.0. The van der Waals surface area contributed by atoms with Crippen LogP contribution in [-0.4, -0.2) is 28.3 Å². The summed E-state index contributed by atoms with van der Waals surface area (Å²) < 4.78 is 12.3. The first-order chi connectivity index (χ1) is 16.3. The highest BCUT2D eigenvalue weighted by Crippen LogP contribution is 2.28. The Morgan fingerprint density at radius 2 is 1.88 bits per heavy atom. The number of ether oxygens (including phenoxy) is 2. The molecule has 1 aromatic heterocycles. The van der Waals surface area contributed by atoms with Crippen LogP contribution in [0.5, 0.6) is 17.2 Å². The van der Waals surface area contributed by atoms with Crippen molar-refractivity contribution < 1.29 is 24.2 Å². The molecule has 34 heavy (non-hydrogen) atoms. The average Bonchev–Trinajstić information content (AvgIpc) is 2.81. The van der Waals surface area contributed by atoms with Crippen LogP contribution in [0.4, 0.5) is 10.5 Å². The second-order valence-corrected chi connectivity index (χ2v) is 7.59. The van der Waals surface area contributed by atoms with Crippen molar-refractivity contribution in [2.75, 3.05) is 11.9 Å². The first kappa shape index (κ1) is 24.4. The van der Waals surface area contributed by atoms with Crippen molar-refractivity contribution in [3.05, 3.63) is 82.3 Å². The molecule has 1 atom stereocenters. The number of hydrogen-bond donors (Lipinski definition) is 3. The van der Waals surface area contributed by atoms with Gasteiger partial charge in [0, 0.05) is 13.2 Å². The van der Waals surface area contributed by atoms with Gasteiger partial charge in [-0.15, -0.1) is 0 Å². The molecule has 0 aliphatic heterocycles. The molecule has 0 aliphatic carbocycles. The van der Waals surface area contributed by atoms with Crippen LogP contribution in [0.3, 0.4) is 0 Å². The summed E-state index contributed by atoms with van der Waals surface area (Å²) >= 11 is 0. The molecule has 3 N–H and O–H groups in total. The van der Waals surface area contributed by atoms with Gasteiger partial charge in [0.15, 0.2) is 5.69 Å². The number of pyridine rings is 1. The molecule has 0 spiro atoms. The van der Waals surface area contributed by atoms with E-state index < -0.39 is 23.6 Å². The van der Waals surface area contributed by atoms with E-state index in [9.17, 15) is 19.5 Å². The number of amides is 2. The van der Waals surface area contributed by atoms with Crippen LogP contribution in [0.1, 0.15) is 30.5 Å². The Kier molecular flexibility index (Phi) is 7.92. The SMILES string of the molecule is CCOC(=O)CC(NC(=O)Nc1c(O)ccn(C)c1=O)c1cccc(Oc2ccccc2C)c1. The van der Waals surface area contributed by atoms with Gasteiger partial charge in [0.05, 0.1) is 19.1 Å². The number of hydrogen-bond acceptors (Lipinski definition) is 6. The third-order valence-electron chi connectivity index (χ3n) is 5.05. The van der Waals surface area contributed by atoms with Crippen LogP contribution in [-0.2, 0) is 16.6 Å². The van der Waals surface area contributed by atoms with Crippen molar-refractivity contribution in [1.82, 2.24) is 9.88 Å². The zero-order valence-electron chi connectivity index (χ0n) is 19.2. The maximum Gasteiger partial charge on any atom is 0.319 e. The van der Waals surface area contributed by atoms with Gasteiger partial charge in [-0.3, -0.25) is 9.59 Å². The lowest BCUT2D eigenvalue weighted by Gasteiger charge is -2.20. The molecule has 178 valence electrons. The van der Waals surface area contributed by atoms with E-state index in [0.29, 0.717) is 17.1 Å². The largest absolute Gasteiger partial charge is 0.505 e. The topological polar surface area (TPSA) is 119 Å². The number of nitrogens with one attached hydrogen (secondary N) is 2. The average molecular weight is 466 g/mol. The first-order valence-electron chi connectivity index (χ1n) is 10.7. The summed E-state index contributed by atoms with van der Waals surface area (Å²) in [6.45, 7) is 3.82. The molecule has 3 aromatic rings. The zero-order valence-corrected chi connectivity index (χ0v) is 19.2. The number of aromatic nitrogens is 1. The Morgan fingerprint density at radius 3 is 2.62 bits per heavy atom. The van der Waals surface area contributed by atoms with Crippen molar-refractivity contribution >= 4 is 17.7 Å². The lowest BCUT2D eigenvalue weighted by molar-refractivity contribution is -0.143. The fourth-order valence-electron chi connectivity index (χ4n) is 3.28. The monoisotopic (exact) mass is 465 g/mol. The molecule has 0 fully saturated rings. The molecule has 1 unspecified atom stereocenters. The van der Waals surface area contributed by atoms with Gasteiger partial charge in [-0.05, 0) is 49.2 Å². The lowest BCUT2D eigenvalue weighted by Crippen LogP contribution is -2.36. The van der Waals surface area contributed by atoms with Gasteiger partial charge in [-0.25, -0.2) is 4.79 Å². The molecular weight excluding hydrogens is 438 g/mol. The van der Waals surface area contributed by atoms with Crippen molar-refractivity contribution in [1.29, 1.82) is 0 Å². The Hall–Kier alpha value is -4.27.